The molecule has 2 heterocycles. The van der Waals surface area contributed by atoms with Crippen LogP contribution in [-0.2, 0) is 6.42 Å². The fourth-order valence-electron chi connectivity index (χ4n) is 2.35. The third-order valence-corrected chi connectivity index (χ3v) is 3.74. The summed E-state index contributed by atoms with van der Waals surface area (Å²) >= 11 is 0. The Morgan fingerprint density at radius 1 is 1.04 bits per heavy atom. The number of hydrogen-bond acceptors (Lipinski definition) is 5. The molecule has 2 aromatic heterocycles. The van der Waals surface area contributed by atoms with Crippen LogP contribution in [0.3, 0.4) is 0 Å². The number of aromatic carboxylic acids is 1. The standard InChI is InChI=1S/C20H14FNO5/c21-14-4-1-12(2-5-14)9-15-6-8-19(27-15)18(24)10-17(23)16-7-3-13(11-22-16)20(25)26/h1-8,10-11,23H,9H2,(H,25,26)/b17-10-. The van der Waals surface area contributed by atoms with Gasteiger partial charge in [-0.25, -0.2) is 9.18 Å². The average Bonchev–Trinajstić information content (AvgIpc) is 3.12. The topological polar surface area (TPSA) is 101 Å². The summed E-state index contributed by atoms with van der Waals surface area (Å²) in [6.07, 6.45) is 2.42. The molecular formula is C20H14FNO5. The highest BCUT2D eigenvalue weighted by Gasteiger charge is 2.13. The van der Waals surface area contributed by atoms with Gasteiger partial charge >= 0.3 is 5.97 Å². The number of carboxylic acid groups (broad SMARTS) is 1. The molecule has 0 saturated heterocycles. The van der Waals surface area contributed by atoms with Crippen LogP contribution in [0.25, 0.3) is 5.76 Å². The minimum Gasteiger partial charge on any atom is -0.506 e. The predicted molar refractivity (Wildman–Crippen MR) is 94.0 cm³/mol. The molecule has 3 aromatic rings. The second kappa shape index (κ2) is 7.65. The van der Waals surface area contributed by atoms with Gasteiger partial charge in [-0.05, 0) is 42.0 Å². The maximum absolute atomic E-state index is 12.9. The van der Waals surface area contributed by atoms with Crippen molar-refractivity contribution in [3.63, 3.8) is 0 Å². The monoisotopic (exact) mass is 367 g/mol. The largest absolute Gasteiger partial charge is 0.506 e. The van der Waals surface area contributed by atoms with Gasteiger partial charge in [-0.1, -0.05) is 12.1 Å². The molecule has 0 fully saturated rings. The molecule has 6 nitrogen and oxygen atoms in total. The molecule has 0 spiro atoms. The Morgan fingerprint density at radius 2 is 1.78 bits per heavy atom. The van der Waals surface area contributed by atoms with Crippen LogP contribution in [0.1, 0.15) is 37.9 Å². The van der Waals surface area contributed by atoms with E-state index in [0.29, 0.717) is 12.2 Å². The molecule has 0 bridgehead atoms. The minimum atomic E-state index is -1.14. The Bertz CT molecular complexity index is 1000. The SMILES string of the molecule is O=C(O)c1ccc(/C(O)=C/C(=O)c2ccc(Cc3ccc(F)cc3)o2)nc1. The number of furan rings is 1. The highest BCUT2D eigenvalue weighted by molar-refractivity contribution is 6.05. The van der Waals surface area contributed by atoms with Crippen LogP contribution in [0, 0.1) is 5.82 Å². The molecule has 2 N–H and O–H groups in total. The van der Waals surface area contributed by atoms with E-state index in [9.17, 15) is 19.1 Å². The first-order valence-corrected chi connectivity index (χ1v) is 7.90. The van der Waals surface area contributed by atoms with Crippen molar-refractivity contribution in [3.05, 3.63) is 95.0 Å². The van der Waals surface area contributed by atoms with Gasteiger partial charge in [0.05, 0.1) is 5.56 Å². The van der Waals surface area contributed by atoms with Gasteiger partial charge in [-0.2, -0.15) is 0 Å². The third kappa shape index (κ3) is 4.46. The van der Waals surface area contributed by atoms with Crippen LogP contribution in [0.5, 0.6) is 0 Å². The number of aromatic nitrogens is 1. The number of halogens is 1. The first-order chi connectivity index (χ1) is 12.9. The molecule has 136 valence electrons. The Hall–Kier alpha value is -3.74. The maximum Gasteiger partial charge on any atom is 0.337 e. The average molecular weight is 367 g/mol. The number of hydrogen-bond donors (Lipinski definition) is 2. The van der Waals surface area contributed by atoms with Gasteiger partial charge in [0, 0.05) is 18.7 Å². The van der Waals surface area contributed by atoms with Gasteiger partial charge in [0.15, 0.2) is 5.76 Å². The highest BCUT2D eigenvalue weighted by Crippen LogP contribution is 2.16. The van der Waals surface area contributed by atoms with Crippen molar-refractivity contribution < 1.29 is 28.6 Å². The smallest absolute Gasteiger partial charge is 0.337 e. The number of carbonyl (C=O) groups excluding carboxylic acids is 1. The number of benzene rings is 1. The molecule has 1 aromatic carbocycles. The normalized spacial score (nSPS) is 11.4. The van der Waals surface area contributed by atoms with Crippen molar-refractivity contribution in [2.24, 2.45) is 0 Å². The lowest BCUT2D eigenvalue weighted by Gasteiger charge is -2.00. The lowest BCUT2D eigenvalue weighted by molar-refractivity contribution is 0.0696. The van der Waals surface area contributed by atoms with Crippen LogP contribution >= 0.6 is 0 Å². The van der Waals surface area contributed by atoms with E-state index in [1.54, 1.807) is 18.2 Å². The lowest BCUT2D eigenvalue weighted by Crippen LogP contribution is -2.00. The number of nitrogens with zero attached hydrogens (tertiary/aromatic N) is 1. The van der Waals surface area contributed by atoms with E-state index < -0.39 is 17.5 Å². The van der Waals surface area contributed by atoms with Crippen molar-refractivity contribution in [1.29, 1.82) is 0 Å². The second-order valence-electron chi connectivity index (χ2n) is 5.70. The minimum absolute atomic E-state index is 0.0285. The number of aliphatic hydroxyl groups is 1. The zero-order chi connectivity index (χ0) is 19.4. The zero-order valence-corrected chi connectivity index (χ0v) is 13.9. The number of pyridine rings is 1. The number of carbonyl (C=O) groups is 2. The molecule has 3 rings (SSSR count). The fraction of sp³-hybridized carbons (Fsp3) is 0.0500. The van der Waals surface area contributed by atoms with Gasteiger partial charge in [-0.3, -0.25) is 9.78 Å². The molecule has 0 aliphatic heterocycles. The van der Waals surface area contributed by atoms with E-state index in [0.717, 1.165) is 17.8 Å². The van der Waals surface area contributed by atoms with E-state index >= 15 is 0 Å². The van der Waals surface area contributed by atoms with E-state index in [2.05, 4.69) is 4.98 Å². The first kappa shape index (κ1) is 18.1. The Morgan fingerprint density at radius 3 is 2.41 bits per heavy atom. The van der Waals surface area contributed by atoms with Crippen molar-refractivity contribution in [3.8, 4) is 0 Å². The summed E-state index contributed by atoms with van der Waals surface area (Å²) in [5, 5.41) is 18.8. The number of allylic oxidation sites excluding steroid dienone is 1. The first-order valence-electron chi connectivity index (χ1n) is 7.90. The van der Waals surface area contributed by atoms with E-state index in [1.807, 2.05) is 0 Å². The molecule has 0 atom stereocenters. The van der Waals surface area contributed by atoms with E-state index in [1.165, 1.54) is 30.3 Å². The summed E-state index contributed by atoms with van der Waals surface area (Å²) < 4.78 is 18.4. The van der Waals surface area contributed by atoms with Crippen molar-refractivity contribution in [1.82, 2.24) is 4.98 Å². The number of aliphatic hydroxyl groups excluding tert-OH is 1. The summed E-state index contributed by atoms with van der Waals surface area (Å²) in [5.41, 5.74) is 0.853. The van der Waals surface area contributed by atoms with E-state index in [4.69, 9.17) is 9.52 Å². The lowest BCUT2D eigenvalue weighted by atomic mass is 10.1. The summed E-state index contributed by atoms with van der Waals surface area (Å²) in [4.78, 5) is 26.8. The van der Waals surface area contributed by atoms with Crippen molar-refractivity contribution in [2.75, 3.05) is 0 Å². The molecule has 0 aliphatic rings. The summed E-state index contributed by atoms with van der Waals surface area (Å²) in [6, 6.07) is 11.6. The van der Waals surface area contributed by atoms with Gasteiger partial charge in [-0.15, -0.1) is 0 Å². The molecule has 0 amide bonds. The molecule has 0 saturated carbocycles. The van der Waals surface area contributed by atoms with Gasteiger partial charge < -0.3 is 14.6 Å². The van der Waals surface area contributed by atoms with Crippen LogP contribution in [0.2, 0.25) is 0 Å². The van der Waals surface area contributed by atoms with Crippen molar-refractivity contribution >= 4 is 17.5 Å². The van der Waals surface area contributed by atoms with E-state index in [-0.39, 0.29) is 22.8 Å². The summed E-state index contributed by atoms with van der Waals surface area (Å²) in [7, 11) is 0. The van der Waals surface area contributed by atoms with Crippen LogP contribution in [0.15, 0.2) is 65.2 Å². The highest BCUT2D eigenvalue weighted by atomic mass is 19.1. The second-order valence-corrected chi connectivity index (χ2v) is 5.70. The quantitative estimate of drug-likeness (QED) is 0.389. The third-order valence-electron chi connectivity index (χ3n) is 3.74. The molecule has 7 heteroatoms. The Labute approximate surface area is 153 Å². The zero-order valence-electron chi connectivity index (χ0n) is 13.9. The Balaban J connectivity index is 1.71. The van der Waals surface area contributed by atoms with Gasteiger partial charge in [0.1, 0.15) is 23.0 Å². The summed E-state index contributed by atoms with van der Waals surface area (Å²) in [6.45, 7) is 0. The van der Waals surface area contributed by atoms with Crippen molar-refractivity contribution in [2.45, 2.75) is 6.42 Å². The summed E-state index contributed by atoms with van der Waals surface area (Å²) in [5.74, 6) is -1.91. The molecular weight excluding hydrogens is 353 g/mol. The number of ketones is 1. The van der Waals surface area contributed by atoms with Gasteiger partial charge in [0.25, 0.3) is 0 Å². The van der Waals surface area contributed by atoms with Gasteiger partial charge in [0.2, 0.25) is 5.78 Å². The van der Waals surface area contributed by atoms with Crippen LogP contribution in [0.4, 0.5) is 4.39 Å². The van der Waals surface area contributed by atoms with Crippen LogP contribution < -0.4 is 0 Å². The predicted octanol–water partition coefficient (Wildman–Crippen LogP) is 3.88. The maximum atomic E-state index is 12.9. The Kier molecular flexibility index (Phi) is 5.12. The molecule has 0 radical (unpaired) electrons. The molecule has 27 heavy (non-hydrogen) atoms. The molecule has 0 aliphatic carbocycles. The molecule has 0 unspecified atom stereocenters. The number of rotatable bonds is 6. The van der Waals surface area contributed by atoms with Crippen LogP contribution in [-0.4, -0.2) is 26.9 Å². The number of carboxylic acids is 1. The fourth-order valence-corrected chi connectivity index (χ4v) is 2.35.